The zero-order chi connectivity index (χ0) is 18.0. The van der Waals surface area contributed by atoms with Crippen LogP contribution in [0.3, 0.4) is 0 Å². The highest BCUT2D eigenvalue weighted by atomic mass is 32.2. The molecule has 4 nitrogen and oxygen atoms in total. The van der Waals surface area contributed by atoms with Gasteiger partial charge in [0.2, 0.25) is 10.0 Å². The number of nitrogens with one attached hydrogen (secondary N) is 1. The summed E-state index contributed by atoms with van der Waals surface area (Å²) in [5.74, 6) is 0. The molecule has 0 saturated carbocycles. The molecule has 1 aliphatic heterocycles. The molecule has 2 aromatic carbocycles. The van der Waals surface area contributed by atoms with Crippen molar-refractivity contribution in [3.05, 3.63) is 64.7 Å². The van der Waals surface area contributed by atoms with Crippen LogP contribution in [0.15, 0.2) is 47.4 Å². The van der Waals surface area contributed by atoms with Gasteiger partial charge in [-0.25, -0.2) is 13.1 Å². The lowest BCUT2D eigenvalue weighted by molar-refractivity contribution is 0.192. The Labute approximate surface area is 150 Å². The molecule has 0 fully saturated rings. The summed E-state index contributed by atoms with van der Waals surface area (Å²) in [5.41, 5.74) is 4.60. The zero-order valence-corrected chi connectivity index (χ0v) is 15.9. The third kappa shape index (κ3) is 4.11. The summed E-state index contributed by atoms with van der Waals surface area (Å²) in [4.78, 5) is 2.71. The highest BCUT2D eigenvalue weighted by Gasteiger charge is 2.23. The van der Waals surface area contributed by atoms with Crippen molar-refractivity contribution in [3.63, 3.8) is 0 Å². The van der Waals surface area contributed by atoms with E-state index in [-0.39, 0.29) is 6.04 Å². The number of benzene rings is 2. The molecule has 0 spiro atoms. The molecule has 5 heteroatoms. The van der Waals surface area contributed by atoms with Gasteiger partial charge in [-0.3, -0.25) is 4.90 Å². The van der Waals surface area contributed by atoms with E-state index in [0.717, 1.165) is 30.6 Å². The number of nitrogens with zero attached hydrogens (tertiary/aromatic N) is 1. The Hall–Kier alpha value is -1.69. The molecule has 1 N–H and O–H groups in total. The Morgan fingerprint density at radius 3 is 2.56 bits per heavy atom. The summed E-state index contributed by atoms with van der Waals surface area (Å²) in [6.07, 6.45) is 1.02. The molecule has 1 heterocycles. The number of hydrogen-bond acceptors (Lipinski definition) is 3. The molecule has 0 aliphatic carbocycles. The number of hydrogen-bond donors (Lipinski definition) is 1. The van der Waals surface area contributed by atoms with Crippen molar-refractivity contribution in [2.45, 2.75) is 44.7 Å². The maximum absolute atomic E-state index is 12.6. The smallest absolute Gasteiger partial charge is 0.240 e. The standard InChI is InChI=1S/C20H26N2O2S/c1-15-8-9-20(16(2)12-15)25(23,24)21-13-17(3)22-11-10-18-6-4-5-7-19(18)14-22/h4-9,12,17,21H,10-11,13-14H2,1-3H3/t17-/m0/s1. The molecule has 1 aliphatic rings. The van der Waals surface area contributed by atoms with Crippen LogP contribution in [-0.2, 0) is 23.0 Å². The van der Waals surface area contributed by atoms with E-state index < -0.39 is 10.0 Å². The normalized spacial score (nSPS) is 16.4. The minimum atomic E-state index is -3.48. The van der Waals surface area contributed by atoms with E-state index >= 15 is 0 Å². The Balaban J connectivity index is 1.65. The summed E-state index contributed by atoms with van der Waals surface area (Å²) >= 11 is 0. The molecule has 25 heavy (non-hydrogen) atoms. The first kappa shape index (κ1) is 18.1. The van der Waals surface area contributed by atoms with E-state index in [2.05, 4.69) is 40.8 Å². The highest BCUT2D eigenvalue weighted by Crippen LogP contribution is 2.21. The van der Waals surface area contributed by atoms with Gasteiger partial charge in [-0.15, -0.1) is 0 Å². The first-order valence-corrected chi connectivity index (χ1v) is 10.2. The van der Waals surface area contributed by atoms with Crippen LogP contribution in [0.5, 0.6) is 0 Å². The lowest BCUT2D eigenvalue weighted by Crippen LogP contribution is -2.44. The molecule has 0 saturated heterocycles. The molecule has 0 amide bonds. The van der Waals surface area contributed by atoms with Crippen molar-refractivity contribution < 1.29 is 8.42 Å². The second-order valence-electron chi connectivity index (χ2n) is 6.96. The molecular weight excluding hydrogens is 332 g/mol. The summed E-state index contributed by atoms with van der Waals surface area (Å²) in [7, 11) is -3.48. The Morgan fingerprint density at radius 2 is 1.84 bits per heavy atom. The molecule has 1 atom stereocenters. The maximum atomic E-state index is 12.6. The zero-order valence-electron chi connectivity index (χ0n) is 15.1. The van der Waals surface area contributed by atoms with Crippen LogP contribution in [0.25, 0.3) is 0 Å². The number of sulfonamides is 1. The molecule has 0 radical (unpaired) electrons. The number of aryl methyl sites for hydroxylation is 2. The average molecular weight is 359 g/mol. The first-order valence-electron chi connectivity index (χ1n) is 8.74. The Bertz CT molecular complexity index is 862. The number of fused-ring (bicyclic) bond motifs is 1. The van der Waals surface area contributed by atoms with Gasteiger partial charge in [0.15, 0.2) is 0 Å². The van der Waals surface area contributed by atoms with E-state index in [0.29, 0.717) is 11.4 Å². The summed E-state index contributed by atoms with van der Waals surface area (Å²) in [5, 5.41) is 0. The maximum Gasteiger partial charge on any atom is 0.240 e. The van der Waals surface area contributed by atoms with E-state index in [4.69, 9.17) is 0 Å². The van der Waals surface area contributed by atoms with Crippen molar-refractivity contribution in [2.24, 2.45) is 0 Å². The second kappa shape index (κ2) is 7.28. The third-order valence-electron chi connectivity index (χ3n) is 4.97. The van der Waals surface area contributed by atoms with Crippen molar-refractivity contribution in [1.29, 1.82) is 0 Å². The molecule has 3 rings (SSSR count). The Morgan fingerprint density at radius 1 is 1.12 bits per heavy atom. The minimum absolute atomic E-state index is 0.147. The van der Waals surface area contributed by atoms with Crippen molar-refractivity contribution in [3.8, 4) is 0 Å². The fourth-order valence-corrected chi connectivity index (χ4v) is 4.78. The van der Waals surface area contributed by atoms with Gasteiger partial charge < -0.3 is 0 Å². The average Bonchev–Trinajstić information content (AvgIpc) is 2.59. The summed E-state index contributed by atoms with van der Waals surface area (Å²) < 4.78 is 28.0. The topological polar surface area (TPSA) is 49.4 Å². The molecule has 0 bridgehead atoms. The van der Waals surface area contributed by atoms with Gasteiger partial charge in [0.1, 0.15) is 0 Å². The number of rotatable bonds is 5. The van der Waals surface area contributed by atoms with Gasteiger partial charge in [0, 0.05) is 25.7 Å². The Kier molecular flexibility index (Phi) is 5.27. The van der Waals surface area contributed by atoms with Crippen LogP contribution in [0.2, 0.25) is 0 Å². The van der Waals surface area contributed by atoms with Crippen LogP contribution in [0, 0.1) is 13.8 Å². The molecule has 2 aromatic rings. The second-order valence-corrected chi connectivity index (χ2v) is 8.69. The molecule has 0 aromatic heterocycles. The predicted molar refractivity (Wildman–Crippen MR) is 101 cm³/mol. The SMILES string of the molecule is Cc1ccc(S(=O)(=O)NC[C@H](C)N2CCc3ccccc3C2)c(C)c1. The van der Waals surface area contributed by atoms with Crippen molar-refractivity contribution >= 4 is 10.0 Å². The van der Waals surface area contributed by atoms with Crippen LogP contribution in [0.4, 0.5) is 0 Å². The lowest BCUT2D eigenvalue weighted by Gasteiger charge is -2.33. The molecule has 0 unspecified atom stereocenters. The summed E-state index contributed by atoms with van der Waals surface area (Å²) in [6.45, 7) is 8.14. The van der Waals surface area contributed by atoms with E-state index in [1.807, 2.05) is 26.0 Å². The monoisotopic (exact) mass is 358 g/mol. The van der Waals surface area contributed by atoms with E-state index in [1.54, 1.807) is 6.07 Å². The third-order valence-corrected chi connectivity index (χ3v) is 6.56. The van der Waals surface area contributed by atoms with E-state index in [9.17, 15) is 8.42 Å². The van der Waals surface area contributed by atoms with Crippen LogP contribution < -0.4 is 4.72 Å². The highest BCUT2D eigenvalue weighted by molar-refractivity contribution is 7.89. The van der Waals surface area contributed by atoms with Gasteiger partial charge in [0.05, 0.1) is 4.90 Å². The quantitative estimate of drug-likeness (QED) is 0.894. The summed E-state index contributed by atoms with van der Waals surface area (Å²) in [6, 6.07) is 14.1. The minimum Gasteiger partial charge on any atom is -0.295 e. The van der Waals surface area contributed by atoms with Crippen LogP contribution in [0.1, 0.15) is 29.2 Å². The van der Waals surface area contributed by atoms with Gasteiger partial charge in [-0.2, -0.15) is 0 Å². The molecule has 134 valence electrons. The van der Waals surface area contributed by atoms with Crippen molar-refractivity contribution in [1.82, 2.24) is 9.62 Å². The van der Waals surface area contributed by atoms with Gasteiger partial charge in [-0.05, 0) is 49.9 Å². The van der Waals surface area contributed by atoms with Crippen LogP contribution in [-0.4, -0.2) is 32.4 Å². The fraction of sp³-hybridized carbons (Fsp3) is 0.400. The van der Waals surface area contributed by atoms with E-state index in [1.165, 1.54) is 11.1 Å². The predicted octanol–water partition coefficient (Wildman–Crippen LogP) is 3.03. The van der Waals surface area contributed by atoms with Crippen molar-refractivity contribution in [2.75, 3.05) is 13.1 Å². The largest absolute Gasteiger partial charge is 0.295 e. The van der Waals surface area contributed by atoms with Gasteiger partial charge in [0.25, 0.3) is 0 Å². The fourth-order valence-electron chi connectivity index (χ4n) is 3.43. The van der Waals surface area contributed by atoms with Gasteiger partial charge >= 0.3 is 0 Å². The van der Waals surface area contributed by atoms with Crippen LogP contribution >= 0.6 is 0 Å². The van der Waals surface area contributed by atoms with Gasteiger partial charge in [-0.1, -0.05) is 42.0 Å². The molecular formula is C20H26N2O2S. The first-order chi connectivity index (χ1) is 11.9. The lowest BCUT2D eigenvalue weighted by atomic mass is 9.99.